The summed E-state index contributed by atoms with van der Waals surface area (Å²) in [6.07, 6.45) is 0.580. The fraction of sp³-hybridized carbons (Fsp3) is 0.333. The maximum Gasteiger partial charge on any atom is 0.123 e. The van der Waals surface area contributed by atoms with Crippen molar-refractivity contribution in [3.63, 3.8) is 0 Å². The van der Waals surface area contributed by atoms with Crippen LogP contribution in [0, 0.1) is 0 Å². The van der Waals surface area contributed by atoms with Gasteiger partial charge in [0.15, 0.2) is 0 Å². The first-order valence-electron chi connectivity index (χ1n) is 7.07. The summed E-state index contributed by atoms with van der Waals surface area (Å²) in [6, 6.07) is 9.52. The quantitative estimate of drug-likeness (QED) is 0.637. The molecule has 0 radical (unpaired) electrons. The monoisotopic (exact) mass is 356 g/mol. The van der Waals surface area contributed by atoms with Crippen molar-refractivity contribution in [3.8, 4) is 5.75 Å². The number of halogens is 3. The Labute approximate surface area is 146 Å². The van der Waals surface area contributed by atoms with Crippen molar-refractivity contribution in [2.75, 3.05) is 0 Å². The maximum absolute atomic E-state index is 10.4. The van der Waals surface area contributed by atoms with Gasteiger partial charge in [0.2, 0.25) is 0 Å². The normalized spacial score (nSPS) is 11.7. The van der Waals surface area contributed by atoms with E-state index < -0.39 is 0 Å². The molecule has 0 fully saturated rings. The highest BCUT2D eigenvalue weighted by Gasteiger charge is 2.18. The molecule has 0 spiro atoms. The largest absolute Gasteiger partial charge is 0.507 e. The molecule has 22 heavy (non-hydrogen) atoms. The minimum absolute atomic E-state index is 0.0130. The van der Waals surface area contributed by atoms with Crippen molar-refractivity contribution in [2.45, 2.75) is 38.5 Å². The van der Waals surface area contributed by atoms with E-state index in [1.165, 1.54) is 0 Å². The van der Waals surface area contributed by atoms with Crippen LogP contribution in [0.2, 0.25) is 10.0 Å². The van der Waals surface area contributed by atoms with E-state index in [1.54, 1.807) is 6.07 Å². The maximum atomic E-state index is 10.4. The molecule has 0 heterocycles. The fourth-order valence-electron chi connectivity index (χ4n) is 2.30. The van der Waals surface area contributed by atoms with Crippen molar-refractivity contribution < 1.29 is 5.11 Å². The van der Waals surface area contributed by atoms with E-state index in [0.717, 1.165) is 22.3 Å². The minimum atomic E-state index is -0.0130. The molecule has 0 aliphatic rings. The minimum Gasteiger partial charge on any atom is -0.507 e. The topological polar surface area (TPSA) is 20.2 Å². The molecule has 0 aliphatic heterocycles. The number of hydrogen-bond donors (Lipinski definition) is 1. The van der Waals surface area contributed by atoms with Gasteiger partial charge in [-0.25, -0.2) is 0 Å². The van der Waals surface area contributed by atoms with E-state index in [2.05, 4.69) is 20.8 Å². The van der Waals surface area contributed by atoms with Crippen LogP contribution in [0.25, 0.3) is 0 Å². The van der Waals surface area contributed by atoms with Gasteiger partial charge in [-0.15, -0.1) is 11.6 Å². The summed E-state index contributed by atoms with van der Waals surface area (Å²) in [7, 11) is 0. The summed E-state index contributed by atoms with van der Waals surface area (Å²) in [5.74, 6) is 0.540. The van der Waals surface area contributed by atoms with Crippen LogP contribution < -0.4 is 0 Å². The summed E-state index contributed by atoms with van der Waals surface area (Å²) in [4.78, 5) is 0. The standard InChI is InChI=1S/C18H19Cl3O/c1-18(2,3)14-8-12(17(22)13(9-14)10-19)6-11-4-5-15(20)16(21)7-11/h4-5,7-9,22H,6,10H2,1-3H3. The molecule has 0 aromatic heterocycles. The van der Waals surface area contributed by atoms with E-state index >= 15 is 0 Å². The highest BCUT2D eigenvalue weighted by molar-refractivity contribution is 6.42. The van der Waals surface area contributed by atoms with Crippen LogP contribution >= 0.6 is 34.8 Å². The van der Waals surface area contributed by atoms with Crippen molar-refractivity contribution in [3.05, 3.63) is 62.6 Å². The predicted octanol–water partition coefficient (Wildman–Crippen LogP) is 6.33. The summed E-state index contributed by atoms with van der Waals surface area (Å²) in [6.45, 7) is 6.42. The Bertz CT molecular complexity index is 687. The number of alkyl halides is 1. The van der Waals surface area contributed by atoms with Crippen LogP contribution in [0.1, 0.15) is 43.0 Å². The van der Waals surface area contributed by atoms with Gasteiger partial charge in [0.05, 0.1) is 15.9 Å². The molecule has 0 bridgehead atoms. The van der Waals surface area contributed by atoms with Crippen molar-refractivity contribution in [2.24, 2.45) is 0 Å². The van der Waals surface area contributed by atoms with E-state index in [0.29, 0.717) is 16.5 Å². The highest BCUT2D eigenvalue weighted by Crippen LogP contribution is 2.34. The third kappa shape index (κ3) is 3.90. The first kappa shape index (κ1) is 17.5. The average Bonchev–Trinajstić information content (AvgIpc) is 2.44. The Balaban J connectivity index is 2.47. The summed E-state index contributed by atoms with van der Waals surface area (Å²) in [5.41, 5.74) is 3.74. The van der Waals surface area contributed by atoms with E-state index in [9.17, 15) is 5.11 Å². The Morgan fingerprint density at radius 3 is 2.14 bits per heavy atom. The number of aromatic hydroxyl groups is 1. The second-order valence-electron chi connectivity index (χ2n) is 6.45. The third-order valence-electron chi connectivity index (χ3n) is 3.66. The molecule has 0 amide bonds. The van der Waals surface area contributed by atoms with Gasteiger partial charge in [-0.1, -0.05) is 62.2 Å². The highest BCUT2D eigenvalue weighted by atomic mass is 35.5. The molecule has 0 saturated carbocycles. The van der Waals surface area contributed by atoms with Crippen molar-refractivity contribution >= 4 is 34.8 Å². The van der Waals surface area contributed by atoms with Gasteiger partial charge in [-0.3, -0.25) is 0 Å². The molecule has 0 saturated heterocycles. The molecule has 0 atom stereocenters. The van der Waals surface area contributed by atoms with E-state index in [1.807, 2.05) is 24.3 Å². The number of benzene rings is 2. The second-order valence-corrected chi connectivity index (χ2v) is 7.53. The first-order valence-corrected chi connectivity index (χ1v) is 8.36. The SMILES string of the molecule is CC(C)(C)c1cc(CCl)c(O)c(Cc2ccc(Cl)c(Cl)c2)c1. The summed E-state index contributed by atoms with van der Waals surface area (Å²) < 4.78 is 0. The van der Waals surface area contributed by atoms with Crippen LogP contribution in [0.4, 0.5) is 0 Å². The summed E-state index contributed by atoms with van der Waals surface area (Å²) >= 11 is 18.0. The second kappa shape index (κ2) is 6.70. The van der Waals surface area contributed by atoms with Gasteiger partial charge in [0.1, 0.15) is 5.75 Å². The molecule has 118 valence electrons. The van der Waals surface area contributed by atoms with E-state index in [-0.39, 0.29) is 17.0 Å². The molecule has 1 N–H and O–H groups in total. The number of rotatable bonds is 3. The molecule has 2 aromatic carbocycles. The predicted molar refractivity (Wildman–Crippen MR) is 95.6 cm³/mol. The molecule has 4 heteroatoms. The average molecular weight is 358 g/mol. The molecular formula is C18H19Cl3O. The van der Waals surface area contributed by atoms with Crippen LogP contribution in [-0.2, 0) is 17.7 Å². The Hall–Kier alpha value is -0.890. The lowest BCUT2D eigenvalue weighted by Gasteiger charge is -2.22. The first-order chi connectivity index (χ1) is 10.2. The molecule has 2 aromatic rings. The smallest absolute Gasteiger partial charge is 0.123 e. The van der Waals surface area contributed by atoms with Gasteiger partial charge in [0, 0.05) is 12.0 Å². The zero-order chi connectivity index (χ0) is 16.5. The third-order valence-corrected chi connectivity index (χ3v) is 4.68. The molecule has 0 unspecified atom stereocenters. The molecular weight excluding hydrogens is 339 g/mol. The van der Waals surface area contributed by atoms with Crippen molar-refractivity contribution in [1.29, 1.82) is 0 Å². The van der Waals surface area contributed by atoms with Gasteiger partial charge < -0.3 is 5.11 Å². The zero-order valence-corrected chi connectivity index (χ0v) is 15.1. The number of phenolic OH excluding ortho intramolecular Hbond substituents is 1. The number of hydrogen-bond acceptors (Lipinski definition) is 1. The van der Waals surface area contributed by atoms with Crippen molar-refractivity contribution in [1.82, 2.24) is 0 Å². The van der Waals surface area contributed by atoms with Gasteiger partial charge in [0.25, 0.3) is 0 Å². The Morgan fingerprint density at radius 1 is 0.955 bits per heavy atom. The van der Waals surface area contributed by atoms with Gasteiger partial charge in [-0.05, 0) is 34.2 Å². The number of phenols is 1. The molecule has 0 aliphatic carbocycles. The van der Waals surface area contributed by atoms with E-state index in [4.69, 9.17) is 34.8 Å². The van der Waals surface area contributed by atoms with Gasteiger partial charge >= 0.3 is 0 Å². The lowest BCUT2D eigenvalue weighted by atomic mass is 9.84. The lowest BCUT2D eigenvalue weighted by Crippen LogP contribution is -2.12. The fourth-order valence-corrected chi connectivity index (χ4v) is 2.82. The summed E-state index contributed by atoms with van der Waals surface area (Å²) in [5, 5.41) is 11.5. The molecule has 1 nitrogen and oxygen atoms in total. The van der Waals surface area contributed by atoms with Gasteiger partial charge in [-0.2, -0.15) is 0 Å². The Kier molecular flexibility index (Phi) is 5.32. The zero-order valence-electron chi connectivity index (χ0n) is 12.9. The van der Waals surface area contributed by atoms with Crippen LogP contribution in [0.5, 0.6) is 5.75 Å². The Morgan fingerprint density at radius 2 is 1.59 bits per heavy atom. The van der Waals surface area contributed by atoms with Crippen LogP contribution in [0.3, 0.4) is 0 Å². The molecule has 2 rings (SSSR count). The van der Waals surface area contributed by atoms with Crippen LogP contribution in [0.15, 0.2) is 30.3 Å². The van der Waals surface area contributed by atoms with Crippen LogP contribution in [-0.4, -0.2) is 5.11 Å². The lowest BCUT2D eigenvalue weighted by molar-refractivity contribution is 0.463.